The van der Waals surface area contributed by atoms with Gasteiger partial charge in [0.2, 0.25) is 0 Å². The smallest absolute Gasteiger partial charge is 0.313 e. The number of cyclic esters (lactones) is 1. The van der Waals surface area contributed by atoms with Crippen molar-refractivity contribution in [1.29, 1.82) is 0 Å². The highest BCUT2D eigenvalue weighted by molar-refractivity contribution is 5.81. The summed E-state index contributed by atoms with van der Waals surface area (Å²) in [5.41, 5.74) is -1.90. The zero-order chi connectivity index (χ0) is 23.3. The summed E-state index contributed by atoms with van der Waals surface area (Å²) in [7, 11) is 0. The molecule has 9 nitrogen and oxygen atoms in total. The van der Waals surface area contributed by atoms with Crippen molar-refractivity contribution in [3.63, 3.8) is 0 Å². The molecule has 2 heterocycles. The van der Waals surface area contributed by atoms with Gasteiger partial charge in [-0.2, -0.15) is 0 Å². The SMILES string of the molecule is CC(=O)OC[C@@]12[C@@H](OC(C)=O)C[C@@H](C)[C@]3(C[C@H](c4ccoc4)OC3=O)[C@H]1CCCC2(O)O. The number of esters is 3. The summed E-state index contributed by atoms with van der Waals surface area (Å²) in [6, 6.07) is 1.74. The number of hydrogen-bond acceptors (Lipinski definition) is 9. The van der Waals surface area contributed by atoms with Crippen LogP contribution in [0.3, 0.4) is 0 Å². The molecular formula is C23H30O9. The van der Waals surface area contributed by atoms with Crippen molar-refractivity contribution in [2.24, 2.45) is 22.7 Å². The average molecular weight is 450 g/mol. The van der Waals surface area contributed by atoms with E-state index in [2.05, 4.69) is 0 Å². The predicted molar refractivity (Wildman–Crippen MR) is 108 cm³/mol. The Bertz CT molecular complexity index is 891. The molecule has 0 radical (unpaired) electrons. The largest absolute Gasteiger partial charge is 0.472 e. The predicted octanol–water partition coefficient (Wildman–Crippen LogP) is 2.26. The Kier molecular flexibility index (Phi) is 5.61. The van der Waals surface area contributed by atoms with Crippen LogP contribution in [0.5, 0.6) is 0 Å². The zero-order valence-corrected chi connectivity index (χ0v) is 18.5. The topological polar surface area (TPSA) is 133 Å². The molecule has 0 aromatic carbocycles. The molecule has 0 bridgehead atoms. The van der Waals surface area contributed by atoms with Crippen LogP contribution in [0.1, 0.15) is 64.5 Å². The van der Waals surface area contributed by atoms with Gasteiger partial charge in [-0.3, -0.25) is 14.4 Å². The summed E-state index contributed by atoms with van der Waals surface area (Å²) < 4.78 is 21.9. The van der Waals surface area contributed by atoms with E-state index < -0.39 is 52.7 Å². The fraction of sp³-hybridized carbons (Fsp3) is 0.696. The fourth-order valence-electron chi connectivity index (χ4n) is 6.49. The molecule has 1 aromatic heterocycles. The lowest BCUT2D eigenvalue weighted by Gasteiger charge is -2.62. The number of ether oxygens (including phenoxy) is 3. The van der Waals surface area contributed by atoms with Crippen molar-refractivity contribution in [3.05, 3.63) is 24.2 Å². The Labute approximate surface area is 186 Å². The number of furan rings is 1. The van der Waals surface area contributed by atoms with Gasteiger partial charge in [0.25, 0.3) is 0 Å². The minimum absolute atomic E-state index is 0.00714. The van der Waals surface area contributed by atoms with Gasteiger partial charge in [0.05, 0.1) is 23.4 Å². The van der Waals surface area contributed by atoms with Crippen LogP contribution >= 0.6 is 0 Å². The van der Waals surface area contributed by atoms with E-state index in [1.165, 1.54) is 26.4 Å². The zero-order valence-electron chi connectivity index (χ0n) is 18.5. The highest BCUT2D eigenvalue weighted by atomic mass is 16.6. The Morgan fingerprint density at radius 2 is 2.00 bits per heavy atom. The molecule has 0 unspecified atom stereocenters. The first kappa shape index (κ1) is 22.8. The van der Waals surface area contributed by atoms with Gasteiger partial charge in [-0.05, 0) is 37.2 Å². The van der Waals surface area contributed by atoms with E-state index in [0.717, 1.165) is 5.56 Å². The molecule has 1 aromatic rings. The average Bonchev–Trinajstić information content (AvgIpc) is 3.33. The second kappa shape index (κ2) is 7.88. The van der Waals surface area contributed by atoms with Crippen LogP contribution in [0.2, 0.25) is 0 Å². The lowest BCUT2D eigenvalue weighted by Crippen LogP contribution is -2.71. The summed E-state index contributed by atoms with van der Waals surface area (Å²) in [4.78, 5) is 37.2. The van der Waals surface area contributed by atoms with E-state index in [-0.39, 0.29) is 25.4 Å². The summed E-state index contributed by atoms with van der Waals surface area (Å²) in [5, 5.41) is 22.6. The number of rotatable bonds is 4. The van der Waals surface area contributed by atoms with E-state index in [1.54, 1.807) is 6.07 Å². The lowest BCUT2D eigenvalue weighted by molar-refractivity contribution is -0.342. The number of fused-ring (bicyclic) bond motifs is 2. The molecule has 0 amide bonds. The van der Waals surface area contributed by atoms with E-state index in [1.807, 2.05) is 6.92 Å². The van der Waals surface area contributed by atoms with E-state index in [4.69, 9.17) is 18.6 Å². The van der Waals surface area contributed by atoms with Gasteiger partial charge >= 0.3 is 17.9 Å². The first-order valence-corrected chi connectivity index (χ1v) is 11.0. The third kappa shape index (κ3) is 3.25. The number of carbonyl (C=O) groups is 3. The third-order valence-electron chi connectivity index (χ3n) is 7.92. The third-order valence-corrected chi connectivity index (χ3v) is 7.92. The highest BCUT2D eigenvalue weighted by Gasteiger charge is 2.74. The normalized spacial score (nSPS) is 38.1. The number of hydrogen-bond donors (Lipinski definition) is 2. The first-order valence-electron chi connectivity index (χ1n) is 11.0. The Balaban J connectivity index is 1.84. The van der Waals surface area contributed by atoms with Gasteiger partial charge in [0.1, 0.15) is 18.8 Å². The van der Waals surface area contributed by atoms with Gasteiger partial charge in [-0.25, -0.2) is 0 Å². The second-order valence-electron chi connectivity index (χ2n) is 9.51. The summed E-state index contributed by atoms with van der Waals surface area (Å²) in [6.07, 6.45) is 3.01. The molecule has 2 saturated carbocycles. The highest BCUT2D eigenvalue weighted by Crippen LogP contribution is 2.67. The minimum atomic E-state index is -2.31. The fourth-order valence-corrected chi connectivity index (χ4v) is 6.49. The second-order valence-corrected chi connectivity index (χ2v) is 9.51. The van der Waals surface area contributed by atoms with Crippen molar-refractivity contribution < 1.29 is 43.2 Å². The van der Waals surface area contributed by atoms with Crippen LogP contribution in [0.15, 0.2) is 23.0 Å². The van der Waals surface area contributed by atoms with Gasteiger partial charge in [0, 0.05) is 32.3 Å². The molecule has 176 valence electrons. The maximum Gasteiger partial charge on any atom is 0.313 e. The summed E-state index contributed by atoms with van der Waals surface area (Å²) in [6.45, 7) is 4.00. The maximum absolute atomic E-state index is 13.5. The van der Waals surface area contributed by atoms with Crippen LogP contribution in [-0.4, -0.2) is 46.6 Å². The Morgan fingerprint density at radius 3 is 2.62 bits per heavy atom. The van der Waals surface area contributed by atoms with Crippen LogP contribution in [0.4, 0.5) is 0 Å². The van der Waals surface area contributed by atoms with Crippen molar-refractivity contribution in [3.8, 4) is 0 Å². The molecular weight excluding hydrogens is 420 g/mol. The Hall–Kier alpha value is -2.39. The van der Waals surface area contributed by atoms with E-state index in [0.29, 0.717) is 19.3 Å². The van der Waals surface area contributed by atoms with Gasteiger partial charge in [0.15, 0.2) is 5.79 Å². The lowest BCUT2D eigenvalue weighted by atomic mass is 9.43. The van der Waals surface area contributed by atoms with Crippen molar-refractivity contribution in [2.75, 3.05) is 6.61 Å². The van der Waals surface area contributed by atoms with Gasteiger partial charge in [-0.15, -0.1) is 0 Å². The molecule has 2 N–H and O–H groups in total. The quantitative estimate of drug-likeness (QED) is 0.402. The molecule has 1 aliphatic heterocycles. The Morgan fingerprint density at radius 1 is 1.25 bits per heavy atom. The van der Waals surface area contributed by atoms with Crippen molar-refractivity contribution in [2.45, 2.75) is 70.9 Å². The van der Waals surface area contributed by atoms with Crippen molar-refractivity contribution in [1.82, 2.24) is 0 Å². The standard InChI is InChI=1S/C23H30O9/c1-13-9-19(31-15(3)25)22(12-30-14(2)24)18(5-4-7-23(22,27)28)21(13)10-17(32-20(21)26)16-6-8-29-11-16/h6,8,11,13,17-19,27-28H,4-5,7,9-10,12H2,1-3H3/t13-,17-,18-,19+,21-,22+/m1/s1. The summed E-state index contributed by atoms with van der Waals surface area (Å²) in [5.74, 6) is -4.83. The van der Waals surface area contributed by atoms with Gasteiger partial charge < -0.3 is 28.8 Å². The van der Waals surface area contributed by atoms with Crippen LogP contribution in [0.25, 0.3) is 0 Å². The number of carbonyl (C=O) groups excluding carboxylic acids is 3. The van der Waals surface area contributed by atoms with Crippen LogP contribution in [-0.2, 0) is 28.6 Å². The van der Waals surface area contributed by atoms with Crippen molar-refractivity contribution >= 4 is 17.9 Å². The van der Waals surface area contributed by atoms with Crippen LogP contribution < -0.4 is 0 Å². The monoisotopic (exact) mass is 450 g/mol. The molecule has 9 heteroatoms. The molecule has 1 saturated heterocycles. The van der Waals surface area contributed by atoms with Gasteiger partial charge in [-0.1, -0.05) is 6.92 Å². The molecule has 3 aliphatic rings. The summed E-state index contributed by atoms with van der Waals surface area (Å²) >= 11 is 0. The molecule has 1 spiro atoms. The molecule has 6 atom stereocenters. The first-order chi connectivity index (χ1) is 15.0. The van der Waals surface area contributed by atoms with Crippen LogP contribution in [0, 0.1) is 22.7 Å². The maximum atomic E-state index is 13.5. The van der Waals surface area contributed by atoms with E-state index in [9.17, 15) is 24.6 Å². The minimum Gasteiger partial charge on any atom is -0.472 e. The molecule has 2 aliphatic carbocycles. The molecule has 4 rings (SSSR count). The molecule has 32 heavy (non-hydrogen) atoms. The molecule has 3 fully saturated rings. The number of aliphatic hydroxyl groups is 2. The van der Waals surface area contributed by atoms with E-state index >= 15 is 0 Å².